The molecule has 0 bridgehead atoms. The second kappa shape index (κ2) is 8.05. The number of carbonyl (C=O) groups is 1. The number of hydrogen-bond donors (Lipinski definition) is 2. The van der Waals surface area contributed by atoms with E-state index in [1.54, 1.807) is 37.3 Å². The summed E-state index contributed by atoms with van der Waals surface area (Å²) in [6, 6.07) is 10.3. The SMILES string of the molecule is CCn1c(=O)c(=O)[nH]c2cc(C(=O)NCC(C)(C)c3ccc(Cl)c(Cl)c3)ccc21. The minimum absolute atomic E-state index is 0.282. The molecule has 2 aromatic carbocycles. The molecular weight excluding hydrogens is 413 g/mol. The molecule has 0 atom stereocenters. The van der Waals surface area contributed by atoms with Gasteiger partial charge in [0.05, 0.1) is 21.1 Å². The Bertz CT molecular complexity index is 1210. The van der Waals surface area contributed by atoms with E-state index >= 15 is 0 Å². The molecule has 1 heterocycles. The van der Waals surface area contributed by atoms with Gasteiger partial charge in [-0.15, -0.1) is 0 Å². The van der Waals surface area contributed by atoms with Crippen molar-refractivity contribution in [2.24, 2.45) is 0 Å². The van der Waals surface area contributed by atoms with E-state index in [2.05, 4.69) is 10.3 Å². The second-order valence-electron chi connectivity index (χ2n) is 7.43. The number of hydrogen-bond acceptors (Lipinski definition) is 3. The van der Waals surface area contributed by atoms with Gasteiger partial charge >= 0.3 is 11.1 Å². The van der Waals surface area contributed by atoms with Crippen LogP contribution in [-0.2, 0) is 12.0 Å². The number of amides is 1. The van der Waals surface area contributed by atoms with Crippen LogP contribution < -0.4 is 16.4 Å². The fourth-order valence-corrected chi connectivity index (χ4v) is 3.46. The van der Waals surface area contributed by atoms with Crippen molar-refractivity contribution in [3.63, 3.8) is 0 Å². The van der Waals surface area contributed by atoms with Crippen LogP contribution in [-0.4, -0.2) is 22.0 Å². The number of carbonyl (C=O) groups excluding carboxylic acids is 1. The van der Waals surface area contributed by atoms with Gasteiger partial charge in [0.25, 0.3) is 5.91 Å². The average molecular weight is 434 g/mol. The summed E-state index contributed by atoms with van der Waals surface area (Å²) < 4.78 is 1.38. The van der Waals surface area contributed by atoms with Crippen LogP contribution in [0.4, 0.5) is 0 Å². The molecule has 0 saturated heterocycles. The van der Waals surface area contributed by atoms with Crippen LogP contribution in [0.1, 0.15) is 36.7 Å². The lowest BCUT2D eigenvalue weighted by Gasteiger charge is -2.26. The Morgan fingerprint density at radius 3 is 2.48 bits per heavy atom. The summed E-state index contributed by atoms with van der Waals surface area (Å²) in [6.45, 7) is 6.50. The van der Waals surface area contributed by atoms with E-state index in [0.29, 0.717) is 39.7 Å². The highest BCUT2D eigenvalue weighted by atomic mass is 35.5. The molecule has 0 spiro atoms. The summed E-state index contributed by atoms with van der Waals surface area (Å²) in [6.07, 6.45) is 0. The molecule has 1 aromatic heterocycles. The molecule has 2 N–H and O–H groups in total. The molecule has 1 amide bonds. The highest BCUT2D eigenvalue weighted by molar-refractivity contribution is 6.42. The predicted octanol–water partition coefficient (Wildman–Crippen LogP) is 3.72. The van der Waals surface area contributed by atoms with Gasteiger partial charge in [-0.3, -0.25) is 14.4 Å². The quantitative estimate of drug-likeness (QED) is 0.601. The second-order valence-corrected chi connectivity index (χ2v) is 8.25. The van der Waals surface area contributed by atoms with Crippen LogP contribution in [0, 0.1) is 0 Å². The van der Waals surface area contributed by atoms with Crippen molar-refractivity contribution in [2.45, 2.75) is 32.7 Å². The number of halogens is 2. The molecule has 8 heteroatoms. The lowest BCUT2D eigenvalue weighted by atomic mass is 9.84. The van der Waals surface area contributed by atoms with Crippen molar-refractivity contribution >= 4 is 40.1 Å². The molecule has 0 fully saturated rings. The predicted molar refractivity (Wildman–Crippen MR) is 116 cm³/mol. The van der Waals surface area contributed by atoms with Crippen molar-refractivity contribution in [1.82, 2.24) is 14.9 Å². The van der Waals surface area contributed by atoms with Gasteiger partial charge in [0.2, 0.25) is 0 Å². The van der Waals surface area contributed by atoms with Gasteiger partial charge in [-0.05, 0) is 42.8 Å². The van der Waals surface area contributed by atoms with E-state index in [9.17, 15) is 14.4 Å². The van der Waals surface area contributed by atoms with Crippen LogP contribution in [0.3, 0.4) is 0 Å². The largest absolute Gasteiger partial charge is 0.351 e. The third-order valence-corrected chi connectivity index (χ3v) is 5.68. The van der Waals surface area contributed by atoms with E-state index < -0.39 is 11.1 Å². The van der Waals surface area contributed by atoms with Crippen LogP contribution in [0.15, 0.2) is 46.0 Å². The first-order chi connectivity index (χ1) is 13.6. The van der Waals surface area contributed by atoms with Gasteiger partial charge in [0, 0.05) is 24.1 Å². The Labute approximate surface area is 177 Å². The molecule has 0 aliphatic heterocycles. The Morgan fingerprint density at radius 1 is 1.10 bits per heavy atom. The first-order valence-corrected chi connectivity index (χ1v) is 9.90. The first kappa shape index (κ1) is 21.1. The Morgan fingerprint density at radius 2 is 1.83 bits per heavy atom. The maximum atomic E-state index is 12.7. The third kappa shape index (κ3) is 4.23. The lowest BCUT2D eigenvalue weighted by molar-refractivity contribution is 0.0946. The van der Waals surface area contributed by atoms with Gasteiger partial charge < -0.3 is 14.9 Å². The molecule has 6 nitrogen and oxygen atoms in total. The minimum atomic E-state index is -0.711. The maximum Gasteiger partial charge on any atom is 0.316 e. The lowest BCUT2D eigenvalue weighted by Crippen LogP contribution is -2.37. The van der Waals surface area contributed by atoms with E-state index in [0.717, 1.165) is 5.56 Å². The van der Waals surface area contributed by atoms with Crippen molar-refractivity contribution in [2.75, 3.05) is 6.54 Å². The van der Waals surface area contributed by atoms with E-state index in [-0.39, 0.29) is 11.3 Å². The van der Waals surface area contributed by atoms with Crippen molar-refractivity contribution in [1.29, 1.82) is 0 Å². The number of aryl methyl sites for hydroxylation is 1. The van der Waals surface area contributed by atoms with Crippen LogP contribution in [0.5, 0.6) is 0 Å². The standard InChI is InChI=1S/C21H21Cl2N3O3/c1-4-26-17-8-5-12(9-16(17)25-19(28)20(26)29)18(27)24-11-21(2,3)13-6-7-14(22)15(23)10-13/h5-10H,4,11H2,1-3H3,(H,24,27)(H,25,28). The number of aromatic nitrogens is 2. The summed E-state index contributed by atoms with van der Waals surface area (Å²) in [5.41, 5.74) is 0.648. The molecule has 3 rings (SSSR count). The van der Waals surface area contributed by atoms with Crippen LogP contribution in [0.25, 0.3) is 11.0 Å². The Kier molecular flexibility index (Phi) is 5.87. The van der Waals surface area contributed by atoms with Gasteiger partial charge in [0.15, 0.2) is 0 Å². The summed E-state index contributed by atoms with van der Waals surface area (Å²) in [5.74, 6) is -0.282. The Balaban J connectivity index is 1.84. The zero-order chi connectivity index (χ0) is 21.3. The fourth-order valence-electron chi connectivity index (χ4n) is 3.16. The van der Waals surface area contributed by atoms with Crippen LogP contribution >= 0.6 is 23.2 Å². The van der Waals surface area contributed by atoms with E-state index in [4.69, 9.17) is 23.2 Å². The third-order valence-electron chi connectivity index (χ3n) is 4.95. The first-order valence-electron chi connectivity index (χ1n) is 9.14. The molecular formula is C21H21Cl2N3O3. The number of aromatic amines is 1. The Hall–Kier alpha value is -2.57. The summed E-state index contributed by atoms with van der Waals surface area (Å²) in [4.78, 5) is 39.0. The highest BCUT2D eigenvalue weighted by Crippen LogP contribution is 2.29. The molecule has 29 heavy (non-hydrogen) atoms. The fraction of sp³-hybridized carbons (Fsp3) is 0.286. The summed E-state index contributed by atoms with van der Waals surface area (Å²) in [5, 5.41) is 3.86. The summed E-state index contributed by atoms with van der Waals surface area (Å²) in [7, 11) is 0. The summed E-state index contributed by atoms with van der Waals surface area (Å²) >= 11 is 12.1. The highest BCUT2D eigenvalue weighted by Gasteiger charge is 2.23. The molecule has 0 radical (unpaired) electrons. The minimum Gasteiger partial charge on any atom is -0.351 e. The van der Waals surface area contributed by atoms with Crippen molar-refractivity contribution < 1.29 is 4.79 Å². The molecule has 0 unspecified atom stereocenters. The zero-order valence-corrected chi connectivity index (χ0v) is 17.8. The topological polar surface area (TPSA) is 84.0 Å². The molecule has 152 valence electrons. The van der Waals surface area contributed by atoms with E-state index in [1.165, 1.54) is 4.57 Å². The smallest absolute Gasteiger partial charge is 0.316 e. The molecule has 0 saturated carbocycles. The number of benzene rings is 2. The zero-order valence-electron chi connectivity index (χ0n) is 16.3. The number of nitrogens with one attached hydrogen (secondary N) is 2. The molecule has 0 aliphatic carbocycles. The van der Waals surface area contributed by atoms with Crippen LogP contribution in [0.2, 0.25) is 10.0 Å². The number of rotatable bonds is 5. The maximum absolute atomic E-state index is 12.7. The van der Waals surface area contributed by atoms with Crippen molar-refractivity contribution in [3.8, 4) is 0 Å². The average Bonchev–Trinajstić information content (AvgIpc) is 2.69. The van der Waals surface area contributed by atoms with E-state index in [1.807, 2.05) is 19.9 Å². The normalized spacial score (nSPS) is 11.6. The van der Waals surface area contributed by atoms with Gasteiger partial charge in [-0.1, -0.05) is 43.1 Å². The molecule has 0 aliphatic rings. The van der Waals surface area contributed by atoms with Crippen molar-refractivity contribution in [3.05, 3.63) is 78.3 Å². The number of H-pyrrole nitrogens is 1. The van der Waals surface area contributed by atoms with Gasteiger partial charge in [-0.25, -0.2) is 0 Å². The molecule has 3 aromatic rings. The monoisotopic (exact) mass is 433 g/mol. The number of nitrogens with zero attached hydrogens (tertiary/aromatic N) is 1. The van der Waals surface area contributed by atoms with Gasteiger partial charge in [-0.2, -0.15) is 0 Å². The van der Waals surface area contributed by atoms with Gasteiger partial charge in [0.1, 0.15) is 0 Å². The number of fused-ring (bicyclic) bond motifs is 1.